The molecular formula is C18H20BrNO4. The Kier molecular flexibility index (Phi) is 6.49. The summed E-state index contributed by atoms with van der Waals surface area (Å²) in [6.45, 7) is 0.867. The molecular weight excluding hydrogens is 374 g/mol. The maximum atomic E-state index is 12.6. The normalized spacial score (nSPS) is 10.2. The summed E-state index contributed by atoms with van der Waals surface area (Å²) in [5.41, 5.74) is 0.490. The van der Waals surface area contributed by atoms with E-state index < -0.39 is 0 Å². The van der Waals surface area contributed by atoms with Crippen molar-refractivity contribution in [1.29, 1.82) is 0 Å². The molecule has 0 N–H and O–H groups in total. The number of methoxy groups -OCH3 is 2. The van der Waals surface area contributed by atoms with Crippen molar-refractivity contribution in [2.45, 2.75) is 0 Å². The van der Waals surface area contributed by atoms with Gasteiger partial charge < -0.3 is 19.1 Å². The van der Waals surface area contributed by atoms with Crippen LogP contribution in [0.5, 0.6) is 17.2 Å². The van der Waals surface area contributed by atoms with Crippen LogP contribution in [0, 0.1) is 0 Å². The summed E-state index contributed by atoms with van der Waals surface area (Å²) in [6, 6.07) is 12.7. The number of likely N-dealkylation sites (N-methyl/N-ethyl adjacent to an activating group) is 1. The molecule has 2 aromatic carbocycles. The Balaban J connectivity index is 1.95. The van der Waals surface area contributed by atoms with E-state index >= 15 is 0 Å². The number of hydrogen-bond donors (Lipinski definition) is 0. The van der Waals surface area contributed by atoms with Crippen LogP contribution in [0.3, 0.4) is 0 Å². The van der Waals surface area contributed by atoms with E-state index in [9.17, 15) is 4.79 Å². The number of ether oxygens (including phenoxy) is 3. The number of nitrogens with zero attached hydrogens (tertiary/aromatic N) is 1. The first kappa shape index (κ1) is 18.1. The van der Waals surface area contributed by atoms with E-state index in [0.29, 0.717) is 30.2 Å². The Labute approximate surface area is 150 Å². The Morgan fingerprint density at radius 2 is 1.71 bits per heavy atom. The van der Waals surface area contributed by atoms with Crippen molar-refractivity contribution in [2.75, 3.05) is 34.4 Å². The first-order chi connectivity index (χ1) is 11.5. The monoisotopic (exact) mass is 393 g/mol. The van der Waals surface area contributed by atoms with E-state index in [-0.39, 0.29) is 5.91 Å². The number of halogens is 1. The summed E-state index contributed by atoms with van der Waals surface area (Å²) in [5.74, 6) is 1.76. The molecule has 0 heterocycles. The van der Waals surface area contributed by atoms with E-state index in [1.54, 1.807) is 37.3 Å². The number of rotatable bonds is 7. The van der Waals surface area contributed by atoms with Gasteiger partial charge in [-0.05, 0) is 36.4 Å². The van der Waals surface area contributed by atoms with Crippen LogP contribution in [-0.2, 0) is 0 Å². The van der Waals surface area contributed by atoms with Crippen molar-refractivity contribution < 1.29 is 19.0 Å². The van der Waals surface area contributed by atoms with E-state index in [4.69, 9.17) is 14.2 Å². The molecule has 0 bridgehead atoms. The van der Waals surface area contributed by atoms with Gasteiger partial charge in [-0.15, -0.1) is 0 Å². The fourth-order valence-electron chi connectivity index (χ4n) is 2.11. The topological polar surface area (TPSA) is 48.0 Å². The maximum Gasteiger partial charge on any atom is 0.257 e. The molecule has 0 unspecified atom stereocenters. The largest absolute Gasteiger partial charge is 0.497 e. The van der Waals surface area contributed by atoms with Gasteiger partial charge in [-0.25, -0.2) is 0 Å². The molecule has 0 atom stereocenters. The highest BCUT2D eigenvalue weighted by Crippen LogP contribution is 2.25. The van der Waals surface area contributed by atoms with Crippen molar-refractivity contribution in [3.63, 3.8) is 0 Å². The maximum absolute atomic E-state index is 12.6. The number of amides is 1. The van der Waals surface area contributed by atoms with E-state index in [1.165, 1.54) is 7.11 Å². The molecule has 0 radical (unpaired) electrons. The van der Waals surface area contributed by atoms with Crippen molar-refractivity contribution in [2.24, 2.45) is 0 Å². The lowest BCUT2D eigenvalue weighted by molar-refractivity contribution is 0.0770. The Morgan fingerprint density at radius 3 is 2.33 bits per heavy atom. The van der Waals surface area contributed by atoms with Gasteiger partial charge in [0, 0.05) is 17.6 Å². The summed E-state index contributed by atoms with van der Waals surface area (Å²) in [7, 11) is 4.83. The number of carbonyl (C=O) groups is 1. The molecule has 0 aromatic heterocycles. The minimum absolute atomic E-state index is 0.131. The highest BCUT2D eigenvalue weighted by molar-refractivity contribution is 9.10. The third-order valence-electron chi connectivity index (χ3n) is 3.49. The van der Waals surface area contributed by atoms with Gasteiger partial charge in [0.1, 0.15) is 23.9 Å². The zero-order valence-corrected chi connectivity index (χ0v) is 15.5. The molecule has 6 heteroatoms. The van der Waals surface area contributed by atoms with Crippen molar-refractivity contribution in [3.05, 3.63) is 52.5 Å². The quantitative estimate of drug-likeness (QED) is 0.720. The lowest BCUT2D eigenvalue weighted by Crippen LogP contribution is -2.31. The second kappa shape index (κ2) is 8.59. The van der Waals surface area contributed by atoms with Crippen LogP contribution in [0.4, 0.5) is 0 Å². The average Bonchev–Trinajstić information content (AvgIpc) is 2.62. The van der Waals surface area contributed by atoms with Crippen LogP contribution in [0.1, 0.15) is 10.4 Å². The molecule has 0 aliphatic heterocycles. The Morgan fingerprint density at radius 1 is 1.04 bits per heavy atom. The van der Waals surface area contributed by atoms with Gasteiger partial charge in [0.25, 0.3) is 5.91 Å². The number of benzene rings is 2. The zero-order chi connectivity index (χ0) is 17.5. The van der Waals surface area contributed by atoms with E-state index in [1.807, 2.05) is 24.3 Å². The molecule has 2 aromatic rings. The molecule has 0 spiro atoms. The Hall–Kier alpha value is -2.21. The van der Waals surface area contributed by atoms with Crippen LogP contribution >= 0.6 is 15.9 Å². The van der Waals surface area contributed by atoms with Crippen molar-refractivity contribution in [1.82, 2.24) is 4.90 Å². The molecule has 0 fully saturated rings. The van der Waals surface area contributed by atoms with Crippen LogP contribution in [0.25, 0.3) is 0 Å². The second-order valence-electron chi connectivity index (χ2n) is 5.10. The standard InChI is InChI=1S/C18H20BrNO4/c1-20(10-11-24-14-6-4-13(19)5-7-14)18(21)16-9-8-15(22-2)12-17(16)23-3/h4-9,12H,10-11H2,1-3H3. The molecule has 0 aliphatic rings. The minimum atomic E-state index is -0.131. The summed E-state index contributed by atoms with van der Waals surface area (Å²) >= 11 is 3.38. The highest BCUT2D eigenvalue weighted by atomic mass is 79.9. The molecule has 0 saturated heterocycles. The SMILES string of the molecule is COc1ccc(C(=O)N(C)CCOc2ccc(Br)cc2)c(OC)c1. The smallest absolute Gasteiger partial charge is 0.257 e. The van der Waals surface area contributed by atoms with Crippen molar-refractivity contribution in [3.8, 4) is 17.2 Å². The van der Waals surface area contributed by atoms with Gasteiger partial charge in [-0.2, -0.15) is 0 Å². The Bertz CT molecular complexity index is 688. The predicted molar refractivity (Wildman–Crippen MR) is 96.1 cm³/mol. The second-order valence-corrected chi connectivity index (χ2v) is 6.01. The summed E-state index contributed by atoms with van der Waals surface area (Å²) in [4.78, 5) is 14.2. The predicted octanol–water partition coefficient (Wildman–Crippen LogP) is 3.62. The van der Waals surface area contributed by atoms with E-state index in [2.05, 4.69) is 15.9 Å². The molecule has 128 valence electrons. The van der Waals surface area contributed by atoms with Crippen LogP contribution < -0.4 is 14.2 Å². The van der Waals surface area contributed by atoms with Crippen LogP contribution in [-0.4, -0.2) is 45.2 Å². The summed E-state index contributed by atoms with van der Waals surface area (Å²) in [6.07, 6.45) is 0. The third-order valence-corrected chi connectivity index (χ3v) is 4.02. The van der Waals surface area contributed by atoms with Gasteiger partial charge in [0.05, 0.1) is 26.3 Å². The van der Waals surface area contributed by atoms with Gasteiger partial charge in [0.15, 0.2) is 0 Å². The fraction of sp³-hybridized carbons (Fsp3) is 0.278. The lowest BCUT2D eigenvalue weighted by atomic mass is 10.1. The van der Waals surface area contributed by atoms with Crippen molar-refractivity contribution >= 4 is 21.8 Å². The molecule has 1 amide bonds. The van der Waals surface area contributed by atoms with Gasteiger partial charge in [0.2, 0.25) is 0 Å². The molecule has 2 rings (SSSR count). The number of carbonyl (C=O) groups excluding carboxylic acids is 1. The van der Waals surface area contributed by atoms with Crippen LogP contribution in [0.2, 0.25) is 0 Å². The third kappa shape index (κ3) is 4.64. The first-order valence-electron chi connectivity index (χ1n) is 7.41. The van der Waals surface area contributed by atoms with Gasteiger partial charge in [-0.3, -0.25) is 4.79 Å². The summed E-state index contributed by atoms with van der Waals surface area (Å²) in [5, 5.41) is 0. The molecule has 0 aliphatic carbocycles. The van der Waals surface area contributed by atoms with Gasteiger partial charge in [-0.1, -0.05) is 15.9 Å². The molecule has 0 saturated carbocycles. The van der Waals surface area contributed by atoms with Crippen LogP contribution in [0.15, 0.2) is 46.9 Å². The number of hydrogen-bond acceptors (Lipinski definition) is 4. The minimum Gasteiger partial charge on any atom is -0.497 e. The average molecular weight is 394 g/mol. The molecule has 5 nitrogen and oxygen atoms in total. The zero-order valence-electron chi connectivity index (χ0n) is 13.9. The van der Waals surface area contributed by atoms with E-state index in [0.717, 1.165) is 10.2 Å². The highest BCUT2D eigenvalue weighted by Gasteiger charge is 2.17. The first-order valence-corrected chi connectivity index (χ1v) is 8.20. The lowest BCUT2D eigenvalue weighted by Gasteiger charge is -2.19. The molecule has 24 heavy (non-hydrogen) atoms. The fourth-order valence-corrected chi connectivity index (χ4v) is 2.38. The summed E-state index contributed by atoms with van der Waals surface area (Å²) < 4.78 is 17.1. The van der Waals surface area contributed by atoms with Gasteiger partial charge >= 0.3 is 0 Å².